The number of rotatable bonds is 7. The number of carbonyl (C=O) groups is 1. The molecule has 1 aromatic heterocycles. The molecule has 0 saturated carbocycles. The molecule has 0 saturated heterocycles. The topological polar surface area (TPSA) is 71.6 Å². The summed E-state index contributed by atoms with van der Waals surface area (Å²) in [5.74, 6) is 1.17. The molecule has 0 aliphatic rings. The Labute approximate surface area is 163 Å². The zero-order chi connectivity index (χ0) is 20.1. The predicted molar refractivity (Wildman–Crippen MR) is 109 cm³/mol. The van der Waals surface area contributed by atoms with Gasteiger partial charge in [0, 0.05) is 23.7 Å². The van der Waals surface area contributed by atoms with Crippen molar-refractivity contribution in [2.75, 3.05) is 20.8 Å². The molecule has 0 unspecified atom stereocenters. The number of benzene rings is 2. The van der Waals surface area contributed by atoms with Gasteiger partial charge in [-0.15, -0.1) is 0 Å². The van der Waals surface area contributed by atoms with Crippen LogP contribution >= 0.6 is 0 Å². The number of fused-ring (bicyclic) bond motifs is 1. The first-order valence-electron chi connectivity index (χ1n) is 9.19. The van der Waals surface area contributed by atoms with Crippen LogP contribution in [0.4, 0.5) is 0 Å². The van der Waals surface area contributed by atoms with E-state index in [1.165, 1.54) is 0 Å². The van der Waals surface area contributed by atoms with E-state index >= 15 is 0 Å². The summed E-state index contributed by atoms with van der Waals surface area (Å²) in [5.41, 5.74) is 1.58. The molecule has 0 aliphatic heterocycles. The number of hydrogen-bond acceptors (Lipinski definition) is 4. The Bertz CT molecular complexity index is 1040. The Kier molecular flexibility index (Phi) is 5.99. The van der Waals surface area contributed by atoms with Crippen LogP contribution in [0.2, 0.25) is 0 Å². The van der Waals surface area contributed by atoms with Crippen LogP contribution < -0.4 is 15.0 Å². The fraction of sp³-hybridized carbons (Fsp3) is 0.273. The zero-order valence-corrected chi connectivity index (χ0v) is 16.3. The lowest BCUT2D eigenvalue weighted by atomic mass is 10.1. The van der Waals surface area contributed by atoms with E-state index in [9.17, 15) is 9.59 Å². The normalized spacial score (nSPS) is 10.7. The fourth-order valence-corrected chi connectivity index (χ4v) is 3.14. The number of ether oxygens (including phenoxy) is 2. The van der Waals surface area contributed by atoms with E-state index in [0.29, 0.717) is 34.7 Å². The van der Waals surface area contributed by atoms with Crippen LogP contribution in [-0.4, -0.2) is 36.6 Å². The molecule has 0 fully saturated rings. The predicted octanol–water partition coefficient (Wildman–Crippen LogP) is 3.60. The first-order valence-corrected chi connectivity index (χ1v) is 9.19. The van der Waals surface area contributed by atoms with E-state index in [-0.39, 0.29) is 18.0 Å². The number of carbonyl (C=O) groups excluding carboxylic acids is 1. The van der Waals surface area contributed by atoms with Gasteiger partial charge in [0.25, 0.3) is 11.5 Å². The fourth-order valence-electron chi connectivity index (χ4n) is 3.14. The molecular weight excluding hydrogens is 356 g/mol. The second-order valence-electron chi connectivity index (χ2n) is 6.54. The summed E-state index contributed by atoms with van der Waals surface area (Å²) < 4.78 is 10.4. The van der Waals surface area contributed by atoms with Gasteiger partial charge in [-0.2, -0.15) is 0 Å². The summed E-state index contributed by atoms with van der Waals surface area (Å²) in [6.45, 7) is 2.79. The Morgan fingerprint density at radius 2 is 1.79 bits per heavy atom. The average molecular weight is 380 g/mol. The average Bonchev–Trinajstić information content (AvgIpc) is 2.73. The largest absolute Gasteiger partial charge is 0.497 e. The maximum Gasteiger partial charge on any atom is 0.254 e. The molecule has 3 rings (SSSR count). The molecule has 0 spiro atoms. The van der Waals surface area contributed by atoms with Crippen LogP contribution in [0.3, 0.4) is 0 Å². The van der Waals surface area contributed by atoms with Crippen molar-refractivity contribution in [1.29, 1.82) is 0 Å². The molecule has 6 heteroatoms. The maximum atomic E-state index is 13.0. The van der Waals surface area contributed by atoms with Gasteiger partial charge in [-0.3, -0.25) is 9.59 Å². The summed E-state index contributed by atoms with van der Waals surface area (Å²) in [7, 11) is 3.15. The molecule has 1 heterocycles. The van der Waals surface area contributed by atoms with Crippen LogP contribution in [-0.2, 0) is 6.54 Å². The molecule has 146 valence electrons. The highest BCUT2D eigenvalue weighted by atomic mass is 16.5. The molecule has 0 radical (unpaired) electrons. The van der Waals surface area contributed by atoms with Crippen LogP contribution in [0.25, 0.3) is 10.9 Å². The van der Waals surface area contributed by atoms with E-state index in [1.54, 1.807) is 49.5 Å². The smallest absolute Gasteiger partial charge is 0.254 e. The van der Waals surface area contributed by atoms with Crippen molar-refractivity contribution in [2.45, 2.75) is 19.9 Å². The van der Waals surface area contributed by atoms with Crippen molar-refractivity contribution < 1.29 is 14.3 Å². The highest BCUT2D eigenvalue weighted by molar-refractivity contribution is 5.94. The van der Waals surface area contributed by atoms with Crippen molar-refractivity contribution >= 4 is 16.8 Å². The highest BCUT2D eigenvalue weighted by Gasteiger charge is 2.18. The van der Waals surface area contributed by atoms with Crippen LogP contribution in [0.1, 0.15) is 29.3 Å². The van der Waals surface area contributed by atoms with Crippen molar-refractivity contribution in [3.05, 3.63) is 70.0 Å². The number of nitrogens with one attached hydrogen (secondary N) is 1. The molecule has 3 aromatic rings. The van der Waals surface area contributed by atoms with Gasteiger partial charge in [0.05, 0.1) is 26.3 Å². The number of aromatic amines is 1. The third-order valence-electron chi connectivity index (χ3n) is 4.59. The molecule has 28 heavy (non-hydrogen) atoms. The summed E-state index contributed by atoms with van der Waals surface area (Å²) in [6.07, 6.45) is 0.790. The SMILES string of the molecule is CCCN(Cc1cc2ccc(OC)cc2[nH]c1=O)C(=O)c1cccc(OC)c1. The van der Waals surface area contributed by atoms with Crippen molar-refractivity contribution in [1.82, 2.24) is 9.88 Å². The minimum absolute atomic E-state index is 0.130. The third kappa shape index (κ3) is 4.17. The zero-order valence-electron chi connectivity index (χ0n) is 16.3. The van der Waals surface area contributed by atoms with Gasteiger partial charge >= 0.3 is 0 Å². The highest BCUT2D eigenvalue weighted by Crippen LogP contribution is 2.20. The number of hydrogen-bond donors (Lipinski definition) is 1. The minimum atomic E-state index is -0.208. The maximum absolute atomic E-state index is 13.0. The van der Waals surface area contributed by atoms with Crippen molar-refractivity contribution in [3.8, 4) is 11.5 Å². The number of aromatic nitrogens is 1. The summed E-state index contributed by atoms with van der Waals surface area (Å²) >= 11 is 0. The number of amides is 1. The van der Waals surface area contributed by atoms with Crippen molar-refractivity contribution in [3.63, 3.8) is 0 Å². The van der Waals surface area contributed by atoms with Gasteiger partial charge in [-0.25, -0.2) is 0 Å². The van der Waals surface area contributed by atoms with Crippen LogP contribution in [0, 0.1) is 0 Å². The molecule has 1 amide bonds. The second-order valence-corrected chi connectivity index (χ2v) is 6.54. The Hall–Kier alpha value is -3.28. The number of nitrogens with zero attached hydrogens (tertiary/aromatic N) is 1. The van der Waals surface area contributed by atoms with E-state index in [4.69, 9.17) is 9.47 Å². The standard InChI is InChI=1S/C22H24N2O4/c1-4-10-24(22(26)16-6-5-7-18(12-16)27-2)14-17-11-15-8-9-19(28-3)13-20(15)23-21(17)25/h5-9,11-13H,4,10,14H2,1-3H3,(H,23,25). The Morgan fingerprint density at radius 1 is 1.04 bits per heavy atom. The number of methoxy groups -OCH3 is 2. The summed E-state index contributed by atoms with van der Waals surface area (Å²) in [4.78, 5) is 30.2. The van der Waals surface area contributed by atoms with E-state index in [1.807, 2.05) is 25.1 Å². The van der Waals surface area contributed by atoms with Crippen LogP contribution in [0.5, 0.6) is 11.5 Å². The summed E-state index contributed by atoms with van der Waals surface area (Å²) in [6, 6.07) is 14.4. The first kappa shape index (κ1) is 19.5. The lowest BCUT2D eigenvalue weighted by molar-refractivity contribution is 0.0742. The van der Waals surface area contributed by atoms with E-state index in [2.05, 4.69) is 4.98 Å². The number of pyridine rings is 1. The Balaban J connectivity index is 1.92. The second kappa shape index (κ2) is 8.61. The van der Waals surface area contributed by atoms with Gasteiger partial charge in [-0.05, 0) is 48.2 Å². The minimum Gasteiger partial charge on any atom is -0.497 e. The lowest BCUT2D eigenvalue weighted by Gasteiger charge is -2.22. The lowest BCUT2D eigenvalue weighted by Crippen LogP contribution is -2.33. The van der Waals surface area contributed by atoms with Gasteiger partial charge in [0.1, 0.15) is 11.5 Å². The van der Waals surface area contributed by atoms with E-state index < -0.39 is 0 Å². The van der Waals surface area contributed by atoms with E-state index in [0.717, 1.165) is 11.8 Å². The number of H-pyrrole nitrogens is 1. The van der Waals surface area contributed by atoms with Gasteiger partial charge in [0.2, 0.25) is 0 Å². The molecule has 2 aromatic carbocycles. The van der Waals surface area contributed by atoms with Crippen molar-refractivity contribution in [2.24, 2.45) is 0 Å². The van der Waals surface area contributed by atoms with Gasteiger partial charge < -0.3 is 19.4 Å². The molecule has 0 bridgehead atoms. The molecular formula is C22H24N2O4. The van der Waals surface area contributed by atoms with Gasteiger partial charge in [-0.1, -0.05) is 13.0 Å². The van der Waals surface area contributed by atoms with Crippen LogP contribution in [0.15, 0.2) is 53.3 Å². The molecule has 6 nitrogen and oxygen atoms in total. The quantitative estimate of drug-likeness (QED) is 0.680. The Morgan fingerprint density at radius 3 is 2.50 bits per heavy atom. The molecule has 1 N–H and O–H groups in total. The summed E-state index contributed by atoms with van der Waals surface area (Å²) in [5, 5.41) is 0.890. The third-order valence-corrected chi connectivity index (χ3v) is 4.59. The molecule has 0 aliphatic carbocycles. The molecule has 0 atom stereocenters. The monoisotopic (exact) mass is 380 g/mol. The van der Waals surface area contributed by atoms with Gasteiger partial charge in [0.15, 0.2) is 0 Å². The first-order chi connectivity index (χ1) is 13.5.